The van der Waals surface area contributed by atoms with E-state index in [1.54, 1.807) is 0 Å². The lowest BCUT2D eigenvalue weighted by atomic mass is 9.64. The Bertz CT molecular complexity index is 391. The Labute approximate surface area is 107 Å². The van der Waals surface area contributed by atoms with Crippen LogP contribution in [0.5, 0.6) is 0 Å². The minimum atomic E-state index is 0.0819. The van der Waals surface area contributed by atoms with Crippen LogP contribution in [0.4, 0.5) is 6.01 Å². The van der Waals surface area contributed by atoms with Crippen LogP contribution < -0.4 is 11.1 Å². The van der Waals surface area contributed by atoms with Crippen molar-refractivity contribution in [2.75, 3.05) is 18.5 Å². The number of aromatic nitrogens is 2. The second-order valence-corrected chi connectivity index (χ2v) is 5.24. The van der Waals surface area contributed by atoms with Crippen LogP contribution in [0.3, 0.4) is 0 Å². The van der Waals surface area contributed by atoms with Crippen LogP contribution in [-0.2, 0) is 11.2 Å². The van der Waals surface area contributed by atoms with E-state index < -0.39 is 0 Å². The Morgan fingerprint density at radius 2 is 2.28 bits per heavy atom. The molecule has 6 nitrogen and oxygen atoms in total. The van der Waals surface area contributed by atoms with Gasteiger partial charge in [-0.2, -0.15) is 0 Å². The predicted octanol–water partition coefficient (Wildman–Crippen LogP) is 1.19. The van der Waals surface area contributed by atoms with Crippen LogP contribution in [-0.4, -0.2) is 35.5 Å². The molecule has 0 amide bonds. The molecule has 2 unspecified atom stereocenters. The van der Waals surface area contributed by atoms with Crippen LogP contribution >= 0.6 is 0 Å². The van der Waals surface area contributed by atoms with E-state index in [2.05, 4.69) is 29.4 Å². The van der Waals surface area contributed by atoms with Gasteiger partial charge in [0.2, 0.25) is 5.89 Å². The van der Waals surface area contributed by atoms with Gasteiger partial charge in [-0.15, -0.1) is 5.10 Å². The molecule has 0 saturated heterocycles. The SMILES string of the molecule is CCOC1CC(Nc2nnc(CCN)o2)C1(C)C. The Hall–Kier alpha value is -1.14. The summed E-state index contributed by atoms with van der Waals surface area (Å²) in [6.45, 7) is 7.66. The molecule has 0 bridgehead atoms. The number of anilines is 1. The van der Waals surface area contributed by atoms with Crippen LogP contribution in [0, 0.1) is 5.41 Å². The highest BCUT2D eigenvalue weighted by molar-refractivity contribution is 5.25. The second kappa shape index (κ2) is 5.24. The molecule has 1 aromatic heterocycles. The average molecular weight is 254 g/mol. The molecule has 1 saturated carbocycles. The summed E-state index contributed by atoms with van der Waals surface area (Å²) in [5.41, 5.74) is 5.52. The highest BCUT2D eigenvalue weighted by Gasteiger charge is 2.49. The molecular formula is C12H22N4O2. The summed E-state index contributed by atoms with van der Waals surface area (Å²) < 4.78 is 11.1. The molecule has 2 atom stereocenters. The van der Waals surface area contributed by atoms with Crippen LogP contribution in [0.25, 0.3) is 0 Å². The highest BCUT2D eigenvalue weighted by Crippen LogP contribution is 2.44. The maximum absolute atomic E-state index is 5.68. The molecule has 1 fully saturated rings. The molecule has 1 aromatic rings. The maximum atomic E-state index is 5.68. The zero-order valence-electron chi connectivity index (χ0n) is 11.3. The van der Waals surface area contributed by atoms with Crippen molar-refractivity contribution in [1.29, 1.82) is 0 Å². The summed E-state index contributed by atoms with van der Waals surface area (Å²) in [5.74, 6) is 0.582. The van der Waals surface area contributed by atoms with Gasteiger partial charge in [0.25, 0.3) is 0 Å². The fraction of sp³-hybridized carbons (Fsp3) is 0.833. The molecule has 0 spiro atoms. The third-order valence-electron chi connectivity index (χ3n) is 3.67. The van der Waals surface area contributed by atoms with Crippen LogP contribution in [0.2, 0.25) is 0 Å². The number of hydrogen-bond donors (Lipinski definition) is 2. The number of nitrogens with two attached hydrogens (primary N) is 1. The molecule has 18 heavy (non-hydrogen) atoms. The minimum absolute atomic E-state index is 0.0819. The fourth-order valence-corrected chi connectivity index (χ4v) is 2.30. The lowest BCUT2D eigenvalue weighted by Crippen LogP contribution is -2.58. The van der Waals surface area contributed by atoms with Gasteiger partial charge in [0.15, 0.2) is 0 Å². The van der Waals surface area contributed by atoms with Gasteiger partial charge in [0, 0.05) is 31.0 Å². The molecule has 2 rings (SSSR count). The first-order valence-corrected chi connectivity index (χ1v) is 6.48. The van der Waals surface area contributed by atoms with E-state index in [1.165, 1.54) is 0 Å². The van der Waals surface area contributed by atoms with Crippen molar-refractivity contribution in [1.82, 2.24) is 10.2 Å². The van der Waals surface area contributed by atoms with Crippen molar-refractivity contribution in [2.45, 2.75) is 45.8 Å². The predicted molar refractivity (Wildman–Crippen MR) is 68.3 cm³/mol. The Kier molecular flexibility index (Phi) is 3.87. The van der Waals surface area contributed by atoms with Gasteiger partial charge in [-0.05, 0) is 13.3 Å². The fourth-order valence-electron chi connectivity index (χ4n) is 2.30. The third-order valence-corrected chi connectivity index (χ3v) is 3.67. The van der Waals surface area contributed by atoms with E-state index in [1.807, 2.05) is 6.92 Å². The minimum Gasteiger partial charge on any atom is -0.408 e. The molecular weight excluding hydrogens is 232 g/mol. The molecule has 1 aliphatic rings. The maximum Gasteiger partial charge on any atom is 0.315 e. The molecule has 6 heteroatoms. The molecule has 1 aliphatic carbocycles. The van der Waals surface area contributed by atoms with E-state index in [0.717, 1.165) is 13.0 Å². The summed E-state index contributed by atoms with van der Waals surface area (Å²) in [6.07, 6.45) is 1.88. The normalized spacial score (nSPS) is 25.8. The largest absolute Gasteiger partial charge is 0.408 e. The van der Waals surface area contributed by atoms with Gasteiger partial charge in [-0.25, -0.2) is 0 Å². The van der Waals surface area contributed by atoms with E-state index >= 15 is 0 Å². The summed E-state index contributed by atoms with van der Waals surface area (Å²) in [5, 5.41) is 11.2. The molecule has 102 valence electrons. The van der Waals surface area contributed by atoms with Gasteiger partial charge in [-0.1, -0.05) is 18.9 Å². The number of hydrogen-bond acceptors (Lipinski definition) is 6. The van der Waals surface area contributed by atoms with Crippen LogP contribution in [0.15, 0.2) is 4.42 Å². The number of nitrogens with one attached hydrogen (secondary N) is 1. The quantitative estimate of drug-likeness (QED) is 0.793. The first kappa shape index (κ1) is 13.3. The Balaban J connectivity index is 1.90. The zero-order valence-corrected chi connectivity index (χ0v) is 11.3. The van der Waals surface area contributed by atoms with Crippen molar-refractivity contribution in [2.24, 2.45) is 11.1 Å². The topological polar surface area (TPSA) is 86.2 Å². The summed E-state index contributed by atoms with van der Waals surface area (Å²) >= 11 is 0. The molecule has 0 aromatic carbocycles. The van der Waals surface area contributed by atoms with Gasteiger partial charge >= 0.3 is 6.01 Å². The summed E-state index contributed by atoms with van der Waals surface area (Å²) in [4.78, 5) is 0. The third kappa shape index (κ3) is 2.49. The first-order chi connectivity index (χ1) is 8.57. The number of rotatable bonds is 6. The standard InChI is InChI=1S/C12H22N4O2/c1-4-17-9-7-8(12(9,2)3)14-11-16-15-10(18-11)5-6-13/h8-9H,4-7,13H2,1-3H3,(H,14,16). The van der Waals surface area contributed by atoms with E-state index in [-0.39, 0.29) is 5.41 Å². The smallest absolute Gasteiger partial charge is 0.315 e. The Morgan fingerprint density at radius 1 is 1.50 bits per heavy atom. The zero-order chi connectivity index (χ0) is 13.2. The van der Waals surface area contributed by atoms with Crippen molar-refractivity contribution in [3.8, 4) is 0 Å². The highest BCUT2D eigenvalue weighted by atomic mass is 16.5. The first-order valence-electron chi connectivity index (χ1n) is 6.48. The van der Waals surface area contributed by atoms with Crippen molar-refractivity contribution in [3.63, 3.8) is 0 Å². The summed E-state index contributed by atoms with van der Waals surface area (Å²) in [7, 11) is 0. The lowest BCUT2D eigenvalue weighted by Gasteiger charge is -2.51. The number of nitrogens with zero attached hydrogens (tertiary/aromatic N) is 2. The van der Waals surface area contributed by atoms with Gasteiger partial charge in [0.05, 0.1) is 6.10 Å². The monoisotopic (exact) mass is 254 g/mol. The van der Waals surface area contributed by atoms with E-state index in [9.17, 15) is 0 Å². The molecule has 3 N–H and O–H groups in total. The van der Waals surface area contributed by atoms with Crippen molar-refractivity contribution in [3.05, 3.63) is 5.89 Å². The summed E-state index contributed by atoms with van der Waals surface area (Å²) in [6, 6.07) is 0.784. The van der Waals surface area contributed by atoms with E-state index in [4.69, 9.17) is 14.9 Å². The molecule has 1 heterocycles. The molecule has 0 aliphatic heterocycles. The van der Waals surface area contributed by atoms with Gasteiger partial charge in [0.1, 0.15) is 0 Å². The number of ether oxygens (including phenoxy) is 1. The van der Waals surface area contributed by atoms with Gasteiger partial charge in [-0.3, -0.25) is 0 Å². The van der Waals surface area contributed by atoms with Crippen LogP contribution in [0.1, 0.15) is 33.1 Å². The van der Waals surface area contributed by atoms with Gasteiger partial charge < -0.3 is 20.2 Å². The molecule has 0 radical (unpaired) electrons. The average Bonchev–Trinajstić information content (AvgIpc) is 2.76. The second-order valence-electron chi connectivity index (χ2n) is 5.24. The lowest BCUT2D eigenvalue weighted by molar-refractivity contribution is -0.0980. The van der Waals surface area contributed by atoms with Crippen molar-refractivity contribution < 1.29 is 9.15 Å². The Morgan fingerprint density at radius 3 is 2.89 bits per heavy atom. The van der Waals surface area contributed by atoms with Crippen molar-refractivity contribution >= 4 is 6.01 Å². The van der Waals surface area contributed by atoms with E-state index in [0.29, 0.717) is 37.0 Å².